The Morgan fingerprint density at radius 1 is 1.33 bits per heavy atom. The predicted octanol–water partition coefficient (Wildman–Crippen LogP) is 2.15. The summed E-state index contributed by atoms with van der Waals surface area (Å²) in [6.07, 6.45) is 2.88. The molecular formula is C15H17FN4O. The number of nitrogens with zero attached hydrogens (tertiary/aromatic N) is 3. The first-order valence-electron chi connectivity index (χ1n) is 6.88. The van der Waals surface area contributed by atoms with E-state index >= 15 is 0 Å². The number of carbonyl (C=O) groups is 1. The largest absolute Gasteiger partial charge is 0.303 e. The molecule has 1 N–H and O–H groups in total. The SMILES string of the molecule is Cc1ccc(N2C=CN3C(C(C)C)=NNC3C2=O)cc1F. The molecule has 0 radical (unpaired) electrons. The van der Waals surface area contributed by atoms with Crippen molar-refractivity contribution in [1.82, 2.24) is 10.3 Å². The first kappa shape index (κ1) is 13.6. The fraction of sp³-hybridized carbons (Fsp3) is 0.333. The number of hydrogen-bond acceptors (Lipinski definition) is 4. The number of anilines is 1. The van der Waals surface area contributed by atoms with E-state index in [-0.39, 0.29) is 17.6 Å². The van der Waals surface area contributed by atoms with Crippen LogP contribution in [0, 0.1) is 18.7 Å². The van der Waals surface area contributed by atoms with Gasteiger partial charge in [-0.25, -0.2) is 4.39 Å². The summed E-state index contributed by atoms with van der Waals surface area (Å²) < 4.78 is 13.7. The van der Waals surface area contributed by atoms with Gasteiger partial charge in [0.2, 0.25) is 6.17 Å². The van der Waals surface area contributed by atoms with Crippen LogP contribution >= 0.6 is 0 Å². The fourth-order valence-electron chi connectivity index (χ4n) is 2.43. The van der Waals surface area contributed by atoms with Gasteiger partial charge in [-0.05, 0) is 24.6 Å². The number of aryl methyl sites for hydroxylation is 1. The molecule has 0 fully saturated rings. The molecule has 3 rings (SSSR count). The molecule has 0 aliphatic carbocycles. The summed E-state index contributed by atoms with van der Waals surface area (Å²) in [4.78, 5) is 15.8. The second kappa shape index (κ2) is 4.87. The lowest BCUT2D eigenvalue weighted by atomic mass is 10.1. The van der Waals surface area contributed by atoms with Crippen molar-refractivity contribution in [3.05, 3.63) is 42.0 Å². The van der Waals surface area contributed by atoms with Crippen LogP contribution in [-0.4, -0.2) is 22.8 Å². The molecule has 1 amide bonds. The molecule has 5 nitrogen and oxygen atoms in total. The van der Waals surface area contributed by atoms with E-state index < -0.39 is 6.17 Å². The third kappa shape index (κ3) is 2.16. The van der Waals surface area contributed by atoms with Crippen LogP contribution in [0.4, 0.5) is 10.1 Å². The molecule has 21 heavy (non-hydrogen) atoms. The van der Waals surface area contributed by atoms with E-state index in [4.69, 9.17) is 0 Å². The summed E-state index contributed by atoms with van der Waals surface area (Å²) in [5.41, 5.74) is 3.91. The van der Waals surface area contributed by atoms with Crippen LogP contribution in [0.25, 0.3) is 0 Å². The number of hydrogen-bond donors (Lipinski definition) is 1. The van der Waals surface area contributed by atoms with Crippen LogP contribution in [-0.2, 0) is 4.79 Å². The Morgan fingerprint density at radius 3 is 2.76 bits per heavy atom. The summed E-state index contributed by atoms with van der Waals surface area (Å²) in [7, 11) is 0. The van der Waals surface area contributed by atoms with Crippen molar-refractivity contribution in [3.8, 4) is 0 Å². The van der Waals surface area contributed by atoms with Gasteiger partial charge in [0.05, 0.1) is 5.69 Å². The second-order valence-electron chi connectivity index (χ2n) is 5.50. The van der Waals surface area contributed by atoms with E-state index in [1.54, 1.807) is 31.5 Å². The summed E-state index contributed by atoms with van der Waals surface area (Å²) in [6.45, 7) is 5.72. The van der Waals surface area contributed by atoms with Gasteiger partial charge >= 0.3 is 0 Å². The summed E-state index contributed by atoms with van der Waals surface area (Å²) in [5.74, 6) is 0.525. The lowest BCUT2D eigenvalue weighted by Gasteiger charge is -2.32. The van der Waals surface area contributed by atoms with E-state index in [1.165, 1.54) is 11.0 Å². The van der Waals surface area contributed by atoms with Crippen LogP contribution in [0.15, 0.2) is 35.7 Å². The number of halogens is 1. The van der Waals surface area contributed by atoms with Gasteiger partial charge in [-0.2, -0.15) is 5.10 Å². The van der Waals surface area contributed by atoms with E-state index in [2.05, 4.69) is 10.5 Å². The zero-order valence-electron chi connectivity index (χ0n) is 12.2. The molecular weight excluding hydrogens is 271 g/mol. The minimum atomic E-state index is -0.559. The van der Waals surface area contributed by atoms with Gasteiger partial charge in [-0.1, -0.05) is 19.9 Å². The molecule has 0 bridgehead atoms. The number of rotatable bonds is 2. The van der Waals surface area contributed by atoms with Gasteiger partial charge in [0.25, 0.3) is 5.91 Å². The zero-order chi connectivity index (χ0) is 15.1. The standard InChI is InChI=1S/C15H17FN4O/c1-9(2)13-17-18-14-15(21)19(6-7-20(13)14)11-5-4-10(3)12(16)8-11/h4-9,14,18H,1-3H3. The maximum Gasteiger partial charge on any atom is 0.276 e. The van der Waals surface area contributed by atoms with E-state index in [9.17, 15) is 9.18 Å². The quantitative estimate of drug-likeness (QED) is 0.907. The number of benzene rings is 1. The summed E-state index contributed by atoms with van der Waals surface area (Å²) in [5, 5.41) is 4.21. The van der Waals surface area contributed by atoms with Gasteiger partial charge in [-0.3, -0.25) is 15.1 Å². The van der Waals surface area contributed by atoms with Gasteiger partial charge in [0, 0.05) is 18.3 Å². The molecule has 2 aliphatic rings. The predicted molar refractivity (Wildman–Crippen MR) is 78.8 cm³/mol. The molecule has 1 aromatic rings. The van der Waals surface area contributed by atoms with Crippen molar-refractivity contribution < 1.29 is 9.18 Å². The number of amides is 1. The number of nitrogens with one attached hydrogen (secondary N) is 1. The van der Waals surface area contributed by atoms with Crippen LogP contribution in [0.3, 0.4) is 0 Å². The summed E-state index contributed by atoms with van der Waals surface area (Å²) in [6, 6.07) is 4.76. The maximum absolute atomic E-state index is 13.7. The molecule has 6 heteroatoms. The monoisotopic (exact) mass is 288 g/mol. The molecule has 0 aromatic heterocycles. The molecule has 0 saturated carbocycles. The Morgan fingerprint density at radius 2 is 2.10 bits per heavy atom. The highest BCUT2D eigenvalue weighted by Gasteiger charge is 2.38. The van der Waals surface area contributed by atoms with Gasteiger partial charge < -0.3 is 4.90 Å². The van der Waals surface area contributed by atoms with Gasteiger partial charge in [0.15, 0.2) is 0 Å². The van der Waals surface area contributed by atoms with Crippen molar-refractivity contribution in [2.24, 2.45) is 11.0 Å². The van der Waals surface area contributed by atoms with Crippen molar-refractivity contribution >= 4 is 17.4 Å². The number of fused-ring (bicyclic) bond motifs is 1. The Labute approximate surface area is 122 Å². The van der Waals surface area contributed by atoms with Gasteiger partial charge in [0.1, 0.15) is 11.7 Å². The fourth-order valence-corrected chi connectivity index (χ4v) is 2.43. The van der Waals surface area contributed by atoms with Crippen molar-refractivity contribution in [1.29, 1.82) is 0 Å². The normalized spacial score (nSPS) is 20.7. The van der Waals surface area contributed by atoms with Crippen molar-refractivity contribution in [3.63, 3.8) is 0 Å². The second-order valence-corrected chi connectivity index (χ2v) is 5.50. The van der Waals surface area contributed by atoms with E-state index in [0.717, 1.165) is 5.84 Å². The molecule has 0 spiro atoms. The lowest BCUT2D eigenvalue weighted by Crippen LogP contribution is -2.52. The molecule has 2 heterocycles. The molecule has 0 saturated heterocycles. The Balaban J connectivity index is 1.91. The topological polar surface area (TPSA) is 47.9 Å². The minimum absolute atomic E-state index is 0.180. The summed E-state index contributed by atoms with van der Waals surface area (Å²) >= 11 is 0. The molecule has 1 unspecified atom stereocenters. The highest BCUT2D eigenvalue weighted by Crippen LogP contribution is 2.25. The average molecular weight is 288 g/mol. The highest BCUT2D eigenvalue weighted by molar-refractivity contribution is 6.04. The zero-order valence-corrected chi connectivity index (χ0v) is 12.2. The van der Waals surface area contributed by atoms with E-state index in [1.807, 2.05) is 18.7 Å². The van der Waals surface area contributed by atoms with Crippen molar-refractivity contribution in [2.75, 3.05) is 4.90 Å². The Hall–Kier alpha value is -2.37. The molecule has 1 aromatic carbocycles. The third-order valence-electron chi connectivity index (χ3n) is 3.64. The first-order valence-corrected chi connectivity index (χ1v) is 6.88. The van der Waals surface area contributed by atoms with Crippen LogP contribution in [0.1, 0.15) is 19.4 Å². The third-order valence-corrected chi connectivity index (χ3v) is 3.64. The van der Waals surface area contributed by atoms with E-state index in [0.29, 0.717) is 11.3 Å². The average Bonchev–Trinajstić information content (AvgIpc) is 2.87. The van der Waals surface area contributed by atoms with Gasteiger partial charge in [-0.15, -0.1) is 0 Å². The number of amidine groups is 1. The highest BCUT2D eigenvalue weighted by atomic mass is 19.1. The Kier molecular flexibility index (Phi) is 3.16. The van der Waals surface area contributed by atoms with Crippen LogP contribution in [0.5, 0.6) is 0 Å². The smallest absolute Gasteiger partial charge is 0.276 e. The molecule has 1 atom stereocenters. The molecule has 2 aliphatic heterocycles. The molecule has 110 valence electrons. The number of hydrazone groups is 1. The number of carbonyl (C=O) groups excluding carboxylic acids is 1. The van der Waals surface area contributed by atoms with Crippen molar-refractivity contribution in [2.45, 2.75) is 26.9 Å². The minimum Gasteiger partial charge on any atom is -0.303 e. The van der Waals surface area contributed by atoms with Crippen LogP contribution < -0.4 is 10.3 Å². The first-order chi connectivity index (χ1) is 9.99. The maximum atomic E-state index is 13.7. The van der Waals surface area contributed by atoms with Crippen LogP contribution in [0.2, 0.25) is 0 Å². The Bertz CT molecular complexity index is 653. The lowest BCUT2D eigenvalue weighted by molar-refractivity contribution is -0.122.